The standard InChI is InChI=1S/C17H12BrFN2O/c1-11-8-12(6-7-15(11)19)9-13(10-20)17(22)21-16-5-3-2-4-14(16)18/h2-9H,1H3,(H,21,22). The van der Waals surface area contributed by atoms with E-state index in [2.05, 4.69) is 21.2 Å². The number of nitrogens with zero attached hydrogens (tertiary/aromatic N) is 1. The van der Waals surface area contributed by atoms with Gasteiger partial charge in [0.1, 0.15) is 17.5 Å². The van der Waals surface area contributed by atoms with Gasteiger partial charge in [0.15, 0.2) is 0 Å². The summed E-state index contributed by atoms with van der Waals surface area (Å²) in [6.45, 7) is 1.62. The summed E-state index contributed by atoms with van der Waals surface area (Å²) in [6.07, 6.45) is 1.43. The molecule has 2 rings (SSSR count). The van der Waals surface area contributed by atoms with Crippen molar-refractivity contribution in [2.24, 2.45) is 0 Å². The van der Waals surface area contributed by atoms with Crippen LogP contribution >= 0.6 is 15.9 Å². The van der Waals surface area contributed by atoms with Crippen LogP contribution in [-0.2, 0) is 4.79 Å². The highest BCUT2D eigenvalue weighted by molar-refractivity contribution is 9.10. The highest BCUT2D eigenvalue weighted by Gasteiger charge is 2.11. The molecular weight excluding hydrogens is 347 g/mol. The molecule has 110 valence electrons. The van der Waals surface area contributed by atoms with Gasteiger partial charge in [-0.15, -0.1) is 0 Å². The quantitative estimate of drug-likeness (QED) is 0.651. The minimum absolute atomic E-state index is 0.0539. The summed E-state index contributed by atoms with van der Waals surface area (Å²) in [7, 11) is 0. The number of para-hydroxylation sites is 1. The average molecular weight is 359 g/mol. The van der Waals surface area contributed by atoms with E-state index in [0.717, 1.165) is 4.47 Å². The Hall–Kier alpha value is -2.45. The van der Waals surface area contributed by atoms with Gasteiger partial charge in [-0.05, 0) is 64.3 Å². The maximum atomic E-state index is 13.2. The fourth-order valence-electron chi connectivity index (χ4n) is 1.83. The SMILES string of the molecule is Cc1cc(C=C(C#N)C(=O)Nc2ccccc2Br)ccc1F. The molecule has 0 fully saturated rings. The molecule has 22 heavy (non-hydrogen) atoms. The molecule has 2 aromatic rings. The van der Waals surface area contributed by atoms with E-state index in [4.69, 9.17) is 5.26 Å². The van der Waals surface area contributed by atoms with Crippen LogP contribution in [0.1, 0.15) is 11.1 Å². The van der Waals surface area contributed by atoms with Gasteiger partial charge in [0.25, 0.3) is 5.91 Å². The van der Waals surface area contributed by atoms with Crippen LogP contribution in [0.5, 0.6) is 0 Å². The van der Waals surface area contributed by atoms with Crippen LogP contribution in [0.2, 0.25) is 0 Å². The maximum absolute atomic E-state index is 13.2. The molecule has 0 atom stereocenters. The zero-order chi connectivity index (χ0) is 16.1. The van der Waals surface area contributed by atoms with E-state index >= 15 is 0 Å². The number of anilines is 1. The van der Waals surface area contributed by atoms with E-state index in [1.807, 2.05) is 12.1 Å². The van der Waals surface area contributed by atoms with Gasteiger partial charge in [0.05, 0.1) is 5.69 Å². The highest BCUT2D eigenvalue weighted by atomic mass is 79.9. The largest absolute Gasteiger partial charge is 0.320 e. The fraction of sp³-hybridized carbons (Fsp3) is 0.0588. The highest BCUT2D eigenvalue weighted by Crippen LogP contribution is 2.22. The lowest BCUT2D eigenvalue weighted by Crippen LogP contribution is -2.13. The topological polar surface area (TPSA) is 52.9 Å². The smallest absolute Gasteiger partial charge is 0.266 e. The lowest BCUT2D eigenvalue weighted by molar-refractivity contribution is -0.112. The normalized spacial score (nSPS) is 10.9. The summed E-state index contributed by atoms with van der Waals surface area (Å²) in [5.41, 5.74) is 1.57. The Kier molecular flexibility index (Phi) is 5.08. The second kappa shape index (κ2) is 7.01. The second-order valence-corrected chi connectivity index (χ2v) is 5.47. The first-order valence-electron chi connectivity index (χ1n) is 6.45. The first-order chi connectivity index (χ1) is 10.5. The Morgan fingerprint density at radius 2 is 2.05 bits per heavy atom. The molecule has 0 aliphatic rings. The molecule has 0 aromatic heterocycles. The molecule has 0 radical (unpaired) electrons. The van der Waals surface area contributed by atoms with Crippen molar-refractivity contribution in [3.63, 3.8) is 0 Å². The zero-order valence-corrected chi connectivity index (χ0v) is 13.3. The van der Waals surface area contributed by atoms with Crippen LogP contribution in [0.3, 0.4) is 0 Å². The Labute approximate surface area is 136 Å². The monoisotopic (exact) mass is 358 g/mol. The molecule has 0 saturated heterocycles. The predicted octanol–water partition coefficient (Wildman–Crippen LogP) is 4.44. The number of hydrogen-bond donors (Lipinski definition) is 1. The number of halogens is 2. The summed E-state index contributed by atoms with van der Waals surface area (Å²) in [6, 6.07) is 13.4. The first kappa shape index (κ1) is 15.9. The zero-order valence-electron chi connectivity index (χ0n) is 11.7. The lowest BCUT2D eigenvalue weighted by atomic mass is 10.1. The van der Waals surface area contributed by atoms with Gasteiger partial charge < -0.3 is 5.32 Å². The number of rotatable bonds is 3. The number of benzene rings is 2. The summed E-state index contributed by atoms with van der Waals surface area (Å²) >= 11 is 3.32. The molecule has 0 unspecified atom stereocenters. The molecule has 0 aliphatic heterocycles. The van der Waals surface area contributed by atoms with E-state index in [1.165, 1.54) is 18.2 Å². The van der Waals surface area contributed by atoms with Crippen LogP contribution in [0, 0.1) is 24.1 Å². The second-order valence-electron chi connectivity index (χ2n) is 4.61. The van der Waals surface area contributed by atoms with E-state index < -0.39 is 5.91 Å². The molecule has 5 heteroatoms. The van der Waals surface area contributed by atoms with Crippen molar-refractivity contribution in [1.29, 1.82) is 5.26 Å². The number of carbonyl (C=O) groups excluding carboxylic acids is 1. The molecule has 0 spiro atoms. The van der Waals surface area contributed by atoms with Crippen LogP contribution in [0.15, 0.2) is 52.5 Å². The van der Waals surface area contributed by atoms with Gasteiger partial charge in [-0.25, -0.2) is 4.39 Å². The minimum Gasteiger partial charge on any atom is -0.320 e. The molecule has 0 bridgehead atoms. The summed E-state index contributed by atoms with van der Waals surface area (Å²) in [4.78, 5) is 12.2. The van der Waals surface area contributed by atoms with Crippen molar-refractivity contribution in [2.45, 2.75) is 6.92 Å². The minimum atomic E-state index is -0.517. The van der Waals surface area contributed by atoms with Crippen molar-refractivity contribution in [3.8, 4) is 6.07 Å². The van der Waals surface area contributed by atoms with E-state index in [9.17, 15) is 9.18 Å². The van der Waals surface area contributed by atoms with Crippen molar-refractivity contribution in [2.75, 3.05) is 5.32 Å². The Morgan fingerprint density at radius 1 is 1.32 bits per heavy atom. The first-order valence-corrected chi connectivity index (χ1v) is 7.24. The Bertz CT molecular complexity index is 793. The number of nitrogens with one attached hydrogen (secondary N) is 1. The molecule has 0 aliphatic carbocycles. The third kappa shape index (κ3) is 3.80. The van der Waals surface area contributed by atoms with Crippen molar-refractivity contribution in [3.05, 3.63) is 69.5 Å². The van der Waals surface area contributed by atoms with Crippen LogP contribution in [-0.4, -0.2) is 5.91 Å². The van der Waals surface area contributed by atoms with Gasteiger partial charge in [0.2, 0.25) is 0 Å². The van der Waals surface area contributed by atoms with Gasteiger partial charge in [-0.3, -0.25) is 4.79 Å². The summed E-state index contributed by atoms with van der Waals surface area (Å²) < 4.78 is 14.0. The van der Waals surface area contributed by atoms with Crippen LogP contribution in [0.4, 0.5) is 10.1 Å². The summed E-state index contributed by atoms with van der Waals surface area (Å²) in [5, 5.41) is 11.8. The van der Waals surface area contributed by atoms with Gasteiger partial charge in [-0.2, -0.15) is 5.26 Å². The van der Waals surface area contributed by atoms with Gasteiger partial charge in [0, 0.05) is 4.47 Å². The fourth-order valence-corrected chi connectivity index (χ4v) is 2.21. The van der Waals surface area contributed by atoms with Gasteiger partial charge >= 0.3 is 0 Å². The van der Waals surface area contributed by atoms with Crippen molar-refractivity contribution >= 4 is 33.6 Å². The van der Waals surface area contributed by atoms with E-state index in [-0.39, 0.29) is 11.4 Å². The molecular formula is C17H12BrFN2O. The van der Waals surface area contributed by atoms with Crippen molar-refractivity contribution in [1.82, 2.24) is 0 Å². The van der Waals surface area contributed by atoms with Crippen LogP contribution < -0.4 is 5.32 Å². The molecule has 2 aromatic carbocycles. The third-order valence-corrected chi connectivity index (χ3v) is 3.67. The molecule has 0 saturated carbocycles. The van der Waals surface area contributed by atoms with Gasteiger partial charge in [-0.1, -0.05) is 18.2 Å². The predicted molar refractivity (Wildman–Crippen MR) is 87.5 cm³/mol. The number of carbonyl (C=O) groups is 1. The lowest BCUT2D eigenvalue weighted by Gasteiger charge is -2.06. The molecule has 1 N–H and O–H groups in total. The molecule has 3 nitrogen and oxygen atoms in total. The maximum Gasteiger partial charge on any atom is 0.266 e. The third-order valence-electron chi connectivity index (χ3n) is 2.98. The number of amides is 1. The number of hydrogen-bond acceptors (Lipinski definition) is 2. The molecule has 1 amide bonds. The van der Waals surface area contributed by atoms with Crippen molar-refractivity contribution < 1.29 is 9.18 Å². The average Bonchev–Trinajstić information content (AvgIpc) is 2.50. The Balaban J connectivity index is 2.26. The number of nitriles is 1. The Morgan fingerprint density at radius 3 is 2.68 bits per heavy atom. The summed E-state index contributed by atoms with van der Waals surface area (Å²) in [5.74, 6) is -0.843. The van der Waals surface area contributed by atoms with E-state index in [0.29, 0.717) is 16.8 Å². The van der Waals surface area contributed by atoms with Crippen LogP contribution in [0.25, 0.3) is 6.08 Å². The number of aryl methyl sites for hydroxylation is 1. The van der Waals surface area contributed by atoms with E-state index in [1.54, 1.807) is 31.2 Å². The molecule has 0 heterocycles.